The van der Waals surface area contributed by atoms with E-state index in [-0.39, 0.29) is 0 Å². The van der Waals surface area contributed by atoms with E-state index in [0.29, 0.717) is 11.6 Å². The van der Waals surface area contributed by atoms with Gasteiger partial charge in [0.2, 0.25) is 0 Å². The molecule has 3 rings (SSSR count). The monoisotopic (exact) mass is 226 g/mol. The first kappa shape index (κ1) is 10.2. The van der Waals surface area contributed by atoms with Crippen molar-refractivity contribution >= 4 is 5.82 Å². The lowest BCUT2D eigenvalue weighted by Crippen LogP contribution is -2.03. The molecule has 2 aromatic rings. The third-order valence-electron chi connectivity index (χ3n) is 3.11. The van der Waals surface area contributed by atoms with Gasteiger partial charge in [0.15, 0.2) is 5.82 Å². The molecule has 0 saturated carbocycles. The number of aryl methyl sites for hydroxylation is 2. The Morgan fingerprint density at radius 2 is 2.06 bits per heavy atom. The van der Waals surface area contributed by atoms with Crippen LogP contribution in [0.4, 0.5) is 5.82 Å². The number of rotatable bonds is 1. The highest BCUT2D eigenvalue weighted by Gasteiger charge is 2.18. The molecule has 0 bridgehead atoms. The number of hydrogen-bond donors (Lipinski definition) is 1. The number of anilines is 1. The molecule has 0 spiro atoms. The van der Waals surface area contributed by atoms with Crippen molar-refractivity contribution in [2.24, 2.45) is 0 Å². The summed E-state index contributed by atoms with van der Waals surface area (Å²) in [6.45, 7) is 2.01. The van der Waals surface area contributed by atoms with Crippen LogP contribution in [0.5, 0.6) is 0 Å². The van der Waals surface area contributed by atoms with E-state index >= 15 is 0 Å². The average molecular weight is 226 g/mol. The Bertz CT molecular complexity index is 560. The zero-order valence-electron chi connectivity index (χ0n) is 9.77. The zero-order chi connectivity index (χ0) is 11.8. The van der Waals surface area contributed by atoms with E-state index in [2.05, 4.69) is 15.0 Å². The van der Waals surface area contributed by atoms with Gasteiger partial charge in [-0.15, -0.1) is 0 Å². The van der Waals surface area contributed by atoms with Crippen molar-refractivity contribution in [2.45, 2.75) is 26.2 Å². The maximum atomic E-state index is 5.96. The Hall–Kier alpha value is -1.97. The van der Waals surface area contributed by atoms with Crippen LogP contribution in [-0.2, 0) is 12.8 Å². The van der Waals surface area contributed by atoms with Crippen LogP contribution >= 0.6 is 0 Å². The van der Waals surface area contributed by atoms with Gasteiger partial charge in [-0.25, -0.2) is 9.97 Å². The zero-order valence-corrected chi connectivity index (χ0v) is 9.77. The van der Waals surface area contributed by atoms with Crippen molar-refractivity contribution in [3.05, 3.63) is 35.2 Å². The quantitative estimate of drug-likeness (QED) is 0.806. The van der Waals surface area contributed by atoms with Gasteiger partial charge >= 0.3 is 0 Å². The van der Waals surface area contributed by atoms with Crippen molar-refractivity contribution < 1.29 is 0 Å². The summed E-state index contributed by atoms with van der Waals surface area (Å²) in [7, 11) is 0. The summed E-state index contributed by atoms with van der Waals surface area (Å²) in [5.41, 5.74) is 10.1. The predicted octanol–water partition coefficient (Wildman–Crippen LogP) is 1.92. The molecular weight excluding hydrogens is 212 g/mol. The number of aromatic nitrogens is 3. The third kappa shape index (κ3) is 1.75. The smallest absolute Gasteiger partial charge is 0.180 e. The van der Waals surface area contributed by atoms with Crippen LogP contribution in [0.15, 0.2) is 18.3 Å². The molecule has 0 unspecified atom stereocenters. The second-order valence-corrected chi connectivity index (χ2v) is 4.43. The Morgan fingerprint density at radius 3 is 2.82 bits per heavy atom. The highest BCUT2D eigenvalue weighted by Crippen LogP contribution is 2.26. The van der Waals surface area contributed by atoms with Crippen molar-refractivity contribution in [1.29, 1.82) is 0 Å². The van der Waals surface area contributed by atoms with Gasteiger partial charge in [-0.3, -0.25) is 4.98 Å². The minimum absolute atomic E-state index is 0.616. The molecule has 2 aromatic heterocycles. The van der Waals surface area contributed by atoms with Crippen molar-refractivity contribution in [3.63, 3.8) is 0 Å². The molecule has 1 aliphatic carbocycles. The lowest BCUT2D eigenvalue weighted by atomic mass is 10.2. The predicted molar refractivity (Wildman–Crippen MR) is 66.4 cm³/mol. The van der Waals surface area contributed by atoms with Gasteiger partial charge < -0.3 is 5.73 Å². The van der Waals surface area contributed by atoms with Crippen molar-refractivity contribution in [1.82, 2.24) is 15.0 Å². The van der Waals surface area contributed by atoms with Crippen LogP contribution in [0.25, 0.3) is 11.5 Å². The molecule has 2 N–H and O–H groups in total. The first-order valence-corrected chi connectivity index (χ1v) is 5.82. The highest BCUT2D eigenvalue weighted by atomic mass is 15.0. The lowest BCUT2D eigenvalue weighted by Gasteiger charge is -2.06. The van der Waals surface area contributed by atoms with E-state index in [1.807, 2.05) is 25.3 Å². The lowest BCUT2D eigenvalue weighted by molar-refractivity contribution is 0.899. The first-order chi connectivity index (χ1) is 8.24. The largest absolute Gasteiger partial charge is 0.383 e. The second-order valence-electron chi connectivity index (χ2n) is 4.43. The molecule has 0 fully saturated rings. The minimum atomic E-state index is 0.616. The molecule has 17 heavy (non-hydrogen) atoms. The number of hydrogen-bond acceptors (Lipinski definition) is 4. The Labute approximate surface area is 99.9 Å². The fraction of sp³-hybridized carbons (Fsp3) is 0.308. The molecule has 2 heterocycles. The van der Waals surface area contributed by atoms with Gasteiger partial charge in [-0.05, 0) is 37.8 Å². The molecule has 0 amide bonds. The highest BCUT2D eigenvalue weighted by molar-refractivity contribution is 5.56. The molecule has 0 radical (unpaired) electrons. The van der Waals surface area contributed by atoms with Gasteiger partial charge in [0.1, 0.15) is 11.5 Å². The Kier molecular flexibility index (Phi) is 2.28. The van der Waals surface area contributed by atoms with Crippen molar-refractivity contribution in [2.75, 3.05) is 5.73 Å². The first-order valence-electron chi connectivity index (χ1n) is 5.82. The normalized spacial score (nSPS) is 13.7. The van der Waals surface area contributed by atoms with Crippen molar-refractivity contribution in [3.8, 4) is 11.5 Å². The minimum Gasteiger partial charge on any atom is -0.383 e. The number of fused-ring (bicyclic) bond motifs is 1. The van der Waals surface area contributed by atoms with E-state index < -0.39 is 0 Å². The van der Waals surface area contributed by atoms with Crippen LogP contribution in [0.2, 0.25) is 0 Å². The van der Waals surface area contributed by atoms with E-state index in [0.717, 1.165) is 41.8 Å². The van der Waals surface area contributed by atoms with Crippen LogP contribution in [0.1, 0.15) is 23.2 Å². The maximum Gasteiger partial charge on any atom is 0.180 e. The third-order valence-corrected chi connectivity index (χ3v) is 3.11. The molecule has 86 valence electrons. The van der Waals surface area contributed by atoms with Crippen LogP contribution < -0.4 is 5.73 Å². The van der Waals surface area contributed by atoms with E-state index in [1.165, 1.54) is 0 Å². The molecule has 0 aliphatic heterocycles. The Balaban J connectivity index is 2.10. The number of nitrogen functional groups attached to an aromatic ring is 1. The molecule has 0 atom stereocenters. The average Bonchev–Trinajstić information content (AvgIpc) is 2.78. The van der Waals surface area contributed by atoms with Crippen LogP contribution in [-0.4, -0.2) is 15.0 Å². The summed E-state index contributed by atoms with van der Waals surface area (Å²) in [5, 5.41) is 0. The summed E-state index contributed by atoms with van der Waals surface area (Å²) >= 11 is 0. The van der Waals surface area contributed by atoms with E-state index in [9.17, 15) is 0 Å². The van der Waals surface area contributed by atoms with Gasteiger partial charge in [0.05, 0.1) is 0 Å². The van der Waals surface area contributed by atoms with Gasteiger partial charge in [0, 0.05) is 17.5 Å². The summed E-state index contributed by atoms with van der Waals surface area (Å²) in [5.74, 6) is 1.26. The van der Waals surface area contributed by atoms with Crippen LogP contribution in [0.3, 0.4) is 0 Å². The summed E-state index contributed by atoms with van der Waals surface area (Å²) in [6.07, 6.45) is 4.95. The molecule has 4 nitrogen and oxygen atoms in total. The molecule has 1 aliphatic rings. The molecule has 0 aromatic carbocycles. The fourth-order valence-corrected chi connectivity index (χ4v) is 2.18. The molecule has 4 heteroatoms. The summed E-state index contributed by atoms with van der Waals surface area (Å²) < 4.78 is 0. The second kappa shape index (κ2) is 3.80. The van der Waals surface area contributed by atoms with Crippen LogP contribution in [0, 0.1) is 6.92 Å². The SMILES string of the molecule is Cc1ccc(-c2nc(N)c3c(n2)CCC3)nc1. The number of nitrogens with two attached hydrogens (primary N) is 1. The van der Waals surface area contributed by atoms with Gasteiger partial charge in [0.25, 0.3) is 0 Å². The maximum absolute atomic E-state index is 5.96. The molecule has 0 saturated heterocycles. The standard InChI is InChI=1S/C13H14N4/c1-8-5-6-11(15-7-8)13-16-10-4-2-3-9(10)12(14)17-13/h5-7H,2-4H2,1H3,(H2,14,16,17). The van der Waals surface area contributed by atoms with Gasteiger partial charge in [-0.2, -0.15) is 0 Å². The van der Waals surface area contributed by atoms with Gasteiger partial charge in [-0.1, -0.05) is 6.07 Å². The van der Waals surface area contributed by atoms with E-state index in [4.69, 9.17) is 5.73 Å². The van der Waals surface area contributed by atoms with E-state index in [1.54, 1.807) is 0 Å². The Morgan fingerprint density at radius 1 is 1.18 bits per heavy atom. The summed E-state index contributed by atoms with van der Waals surface area (Å²) in [6, 6.07) is 3.95. The number of nitrogens with zero attached hydrogens (tertiary/aromatic N) is 3. The topological polar surface area (TPSA) is 64.7 Å². The fourth-order valence-electron chi connectivity index (χ4n) is 2.18. The summed E-state index contributed by atoms with van der Waals surface area (Å²) in [4.78, 5) is 13.2. The number of pyridine rings is 1. The molecular formula is C13H14N4.